The van der Waals surface area contributed by atoms with Gasteiger partial charge in [-0.2, -0.15) is 0 Å². The molecule has 6 aromatic carbocycles. The summed E-state index contributed by atoms with van der Waals surface area (Å²) in [7, 11) is 3.23. The fourth-order valence-corrected chi connectivity index (χ4v) is 7.07. The summed E-state index contributed by atoms with van der Waals surface area (Å²) in [5.41, 5.74) is 5.67. The minimum absolute atomic E-state index is 0.0386. The van der Waals surface area contributed by atoms with E-state index in [2.05, 4.69) is 0 Å². The van der Waals surface area contributed by atoms with E-state index in [9.17, 15) is 0 Å². The number of alkyl halides is 2. The van der Waals surface area contributed by atoms with Crippen LogP contribution in [0, 0.1) is 0 Å². The van der Waals surface area contributed by atoms with Crippen molar-refractivity contribution in [2.24, 2.45) is 0 Å². The molecule has 0 radical (unpaired) electrons. The van der Waals surface area contributed by atoms with Crippen molar-refractivity contribution in [3.05, 3.63) is 197 Å². The van der Waals surface area contributed by atoms with Gasteiger partial charge in [0.25, 0.3) is 0 Å². The van der Waals surface area contributed by atoms with Crippen molar-refractivity contribution in [1.29, 1.82) is 0 Å². The van der Waals surface area contributed by atoms with Gasteiger partial charge in [0.2, 0.25) is 0 Å². The summed E-state index contributed by atoms with van der Waals surface area (Å²) in [6, 6.07) is 49.4. The highest BCUT2D eigenvalue weighted by molar-refractivity contribution is 5.50. The van der Waals surface area contributed by atoms with Crippen LogP contribution in [0.4, 0.5) is 8.78 Å². The largest absolute Gasteiger partial charge is 0.497 e. The molecule has 1 fully saturated rings. The number of halogens is 2. The zero-order chi connectivity index (χ0) is 40.2. The lowest BCUT2D eigenvalue weighted by molar-refractivity contribution is -0.320. The SMILES string of the molecule is COc1ccc(Cc2cc([C@@H]3O[C@H](COCc4ccccc4)C(F)(F)[C@H](OCc4ccccc4)[C@H]3OCc3ccccc3)c(OCc3ccccc3)cc2OC)cc1. The van der Waals surface area contributed by atoms with E-state index in [1.807, 2.05) is 158 Å². The summed E-state index contributed by atoms with van der Waals surface area (Å²) in [4.78, 5) is 0. The molecular weight excluding hydrogens is 739 g/mol. The zero-order valence-electron chi connectivity index (χ0n) is 32.7. The monoisotopic (exact) mass is 786 g/mol. The maximum Gasteiger partial charge on any atom is 0.304 e. The number of hydrogen-bond donors (Lipinski definition) is 0. The Balaban J connectivity index is 1.32. The third-order valence-corrected chi connectivity index (χ3v) is 10.2. The first-order chi connectivity index (χ1) is 28.4. The van der Waals surface area contributed by atoms with Gasteiger partial charge < -0.3 is 33.2 Å². The van der Waals surface area contributed by atoms with E-state index in [0.29, 0.717) is 23.5 Å². The van der Waals surface area contributed by atoms with Crippen molar-refractivity contribution in [2.75, 3.05) is 20.8 Å². The first kappa shape index (κ1) is 40.6. The third kappa shape index (κ3) is 10.3. The van der Waals surface area contributed by atoms with E-state index in [0.717, 1.165) is 39.1 Å². The molecule has 1 heterocycles. The molecule has 0 bridgehead atoms. The molecular formula is C49H48F2O7. The van der Waals surface area contributed by atoms with Crippen molar-refractivity contribution in [3.8, 4) is 17.2 Å². The summed E-state index contributed by atoms with van der Waals surface area (Å²) in [5, 5.41) is 0. The molecule has 6 aromatic rings. The van der Waals surface area contributed by atoms with E-state index in [-0.39, 0.29) is 26.4 Å². The van der Waals surface area contributed by atoms with Gasteiger partial charge in [0.1, 0.15) is 42.2 Å². The van der Waals surface area contributed by atoms with Gasteiger partial charge in [-0.1, -0.05) is 133 Å². The minimum atomic E-state index is -3.53. The Labute approximate surface area is 339 Å². The Morgan fingerprint density at radius 3 is 1.64 bits per heavy atom. The molecule has 9 heteroatoms. The summed E-state index contributed by atoms with van der Waals surface area (Å²) in [6.07, 6.45) is -5.34. The molecule has 7 rings (SSSR count). The zero-order valence-corrected chi connectivity index (χ0v) is 32.7. The van der Waals surface area contributed by atoms with Crippen LogP contribution in [0.5, 0.6) is 17.2 Å². The number of benzene rings is 6. The summed E-state index contributed by atoms with van der Waals surface area (Å²) < 4.78 is 77.7. The van der Waals surface area contributed by atoms with Crippen LogP contribution in [0.2, 0.25) is 0 Å². The van der Waals surface area contributed by atoms with E-state index in [1.165, 1.54) is 0 Å². The number of methoxy groups -OCH3 is 2. The summed E-state index contributed by atoms with van der Waals surface area (Å²) >= 11 is 0. The normalized spacial score (nSPS) is 18.7. The molecule has 7 nitrogen and oxygen atoms in total. The molecule has 0 aromatic heterocycles. The molecule has 1 aliphatic rings. The Morgan fingerprint density at radius 2 is 1.09 bits per heavy atom. The van der Waals surface area contributed by atoms with Crippen molar-refractivity contribution in [1.82, 2.24) is 0 Å². The molecule has 1 saturated heterocycles. The van der Waals surface area contributed by atoms with Gasteiger partial charge in [0, 0.05) is 18.1 Å². The minimum Gasteiger partial charge on any atom is -0.497 e. The number of ether oxygens (including phenoxy) is 7. The average Bonchev–Trinajstić information content (AvgIpc) is 3.27. The molecule has 300 valence electrons. The highest BCUT2D eigenvalue weighted by Gasteiger charge is 2.60. The first-order valence-corrected chi connectivity index (χ1v) is 19.4. The predicted octanol–water partition coefficient (Wildman–Crippen LogP) is 10.3. The van der Waals surface area contributed by atoms with Crippen molar-refractivity contribution >= 4 is 0 Å². The van der Waals surface area contributed by atoms with E-state index >= 15 is 8.78 Å². The molecule has 1 aliphatic heterocycles. The van der Waals surface area contributed by atoms with Crippen LogP contribution in [0.1, 0.15) is 45.0 Å². The highest BCUT2D eigenvalue weighted by atomic mass is 19.3. The van der Waals surface area contributed by atoms with Crippen molar-refractivity contribution < 1.29 is 41.9 Å². The van der Waals surface area contributed by atoms with Crippen LogP contribution in [-0.2, 0) is 51.8 Å². The highest BCUT2D eigenvalue weighted by Crippen LogP contribution is 2.48. The lowest BCUT2D eigenvalue weighted by Gasteiger charge is -2.46. The fraction of sp³-hybridized carbons (Fsp3) is 0.265. The predicted molar refractivity (Wildman–Crippen MR) is 218 cm³/mol. The molecule has 0 aliphatic carbocycles. The average molecular weight is 787 g/mol. The van der Waals surface area contributed by atoms with Crippen LogP contribution in [0.25, 0.3) is 0 Å². The van der Waals surface area contributed by atoms with Gasteiger partial charge in [-0.3, -0.25) is 0 Å². The van der Waals surface area contributed by atoms with Gasteiger partial charge in [-0.05, 0) is 51.6 Å². The lowest BCUT2D eigenvalue weighted by atomic mass is 9.88. The standard InChI is InChI=1S/C49H48F2O7/c1-52-41-25-23-35(24-26-41)27-40-28-42(44(29-43(40)53-2)55-31-37-17-9-4-10-18-37)46-47(56-32-38-19-11-5-12-20-38)48(57-33-39-21-13-6-14-22-39)49(50,51)45(58-46)34-54-30-36-15-7-3-8-16-36/h3-26,28-29,45-48H,27,30-34H2,1-2H3/t45-,46+,47+,48-/m1/s1. The second-order valence-corrected chi connectivity index (χ2v) is 14.2. The smallest absolute Gasteiger partial charge is 0.304 e. The first-order valence-electron chi connectivity index (χ1n) is 19.4. The Hall–Kier alpha value is -5.58. The second-order valence-electron chi connectivity index (χ2n) is 14.2. The van der Waals surface area contributed by atoms with Crippen LogP contribution < -0.4 is 14.2 Å². The second kappa shape index (κ2) is 19.7. The molecule has 4 atom stereocenters. The maximum atomic E-state index is 17.2. The molecule has 0 N–H and O–H groups in total. The van der Waals surface area contributed by atoms with E-state index in [1.54, 1.807) is 14.2 Å². The lowest BCUT2D eigenvalue weighted by Crippen LogP contribution is -2.61. The molecule has 58 heavy (non-hydrogen) atoms. The third-order valence-electron chi connectivity index (χ3n) is 10.2. The molecule has 0 unspecified atom stereocenters. The molecule has 0 saturated carbocycles. The maximum absolute atomic E-state index is 17.2. The van der Waals surface area contributed by atoms with Gasteiger partial charge in [0.15, 0.2) is 6.10 Å². The molecule has 0 amide bonds. The van der Waals surface area contributed by atoms with Gasteiger partial charge in [-0.15, -0.1) is 0 Å². The number of rotatable bonds is 18. The summed E-state index contributed by atoms with van der Waals surface area (Å²) in [6.45, 7) is -0.0874. The van der Waals surface area contributed by atoms with Crippen molar-refractivity contribution in [2.45, 2.75) is 63.2 Å². The van der Waals surface area contributed by atoms with Crippen LogP contribution >= 0.6 is 0 Å². The number of hydrogen-bond acceptors (Lipinski definition) is 7. The van der Waals surface area contributed by atoms with Crippen LogP contribution in [0.15, 0.2) is 158 Å². The Morgan fingerprint density at radius 1 is 0.552 bits per heavy atom. The van der Waals surface area contributed by atoms with Gasteiger partial charge in [-0.25, -0.2) is 8.78 Å². The Bertz CT molecular complexity index is 2140. The van der Waals surface area contributed by atoms with Crippen molar-refractivity contribution in [3.63, 3.8) is 0 Å². The van der Waals surface area contributed by atoms with Gasteiger partial charge >= 0.3 is 5.92 Å². The topological polar surface area (TPSA) is 64.6 Å². The van der Waals surface area contributed by atoms with E-state index in [4.69, 9.17) is 33.2 Å². The van der Waals surface area contributed by atoms with Crippen LogP contribution in [0.3, 0.4) is 0 Å². The quantitative estimate of drug-likeness (QED) is 0.0860. The fourth-order valence-electron chi connectivity index (χ4n) is 7.07. The molecule has 0 spiro atoms. The Kier molecular flexibility index (Phi) is 13.8. The van der Waals surface area contributed by atoms with E-state index < -0.39 is 36.9 Å². The van der Waals surface area contributed by atoms with Crippen LogP contribution in [-0.4, -0.2) is 45.1 Å². The van der Waals surface area contributed by atoms with Gasteiger partial charge in [0.05, 0.1) is 40.6 Å². The summed E-state index contributed by atoms with van der Waals surface area (Å²) in [5.74, 6) is -1.82.